The van der Waals surface area contributed by atoms with Crippen LogP contribution < -0.4 is 5.32 Å². The van der Waals surface area contributed by atoms with Gasteiger partial charge in [-0.1, -0.05) is 19.9 Å². The summed E-state index contributed by atoms with van der Waals surface area (Å²) in [5.41, 5.74) is 2.15. The Labute approximate surface area is 122 Å². The van der Waals surface area contributed by atoms with Crippen molar-refractivity contribution in [1.82, 2.24) is 4.31 Å². The Hall–Kier alpha value is -1.07. The number of fused-ring (bicyclic) bond motifs is 1. The molecular weight excluding hydrogens is 272 g/mol. The van der Waals surface area contributed by atoms with Gasteiger partial charge in [-0.25, -0.2) is 8.42 Å². The van der Waals surface area contributed by atoms with Crippen LogP contribution in [0.25, 0.3) is 0 Å². The Bertz CT molecular complexity index is 582. The molecule has 1 aliphatic rings. The molecule has 20 heavy (non-hydrogen) atoms. The topological polar surface area (TPSA) is 49.4 Å². The fourth-order valence-electron chi connectivity index (χ4n) is 2.66. The lowest BCUT2D eigenvalue weighted by atomic mass is 10.1. The van der Waals surface area contributed by atoms with Gasteiger partial charge in [0.2, 0.25) is 10.0 Å². The molecule has 1 N–H and O–H groups in total. The molecule has 0 saturated heterocycles. The van der Waals surface area contributed by atoms with Crippen molar-refractivity contribution in [3.8, 4) is 0 Å². The van der Waals surface area contributed by atoms with Gasteiger partial charge in [0.05, 0.1) is 4.90 Å². The number of rotatable bonds is 5. The van der Waals surface area contributed by atoms with Crippen LogP contribution in [0.5, 0.6) is 0 Å². The van der Waals surface area contributed by atoms with Crippen molar-refractivity contribution in [2.75, 3.05) is 18.9 Å². The van der Waals surface area contributed by atoms with E-state index in [1.54, 1.807) is 19.2 Å². The minimum absolute atomic E-state index is 0.00112. The molecule has 0 spiro atoms. The molecule has 4 nitrogen and oxygen atoms in total. The smallest absolute Gasteiger partial charge is 0.243 e. The van der Waals surface area contributed by atoms with Gasteiger partial charge in [0.1, 0.15) is 0 Å². The van der Waals surface area contributed by atoms with Crippen LogP contribution in [-0.2, 0) is 16.4 Å². The SMILES string of the molecule is CC(C)CC(C)N(C)S(=O)(=O)c1ccc2c(c1)NCC2. The molecule has 1 heterocycles. The maximum Gasteiger partial charge on any atom is 0.243 e. The second kappa shape index (κ2) is 5.74. The highest BCUT2D eigenvalue weighted by molar-refractivity contribution is 7.89. The van der Waals surface area contributed by atoms with Gasteiger partial charge in [-0.3, -0.25) is 0 Å². The Morgan fingerprint density at radius 1 is 1.30 bits per heavy atom. The van der Waals surface area contributed by atoms with Gasteiger partial charge in [0, 0.05) is 25.3 Å². The van der Waals surface area contributed by atoms with Crippen molar-refractivity contribution < 1.29 is 8.42 Å². The maximum atomic E-state index is 12.7. The van der Waals surface area contributed by atoms with Crippen molar-refractivity contribution in [3.63, 3.8) is 0 Å². The third-order valence-electron chi connectivity index (χ3n) is 3.90. The third kappa shape index (κ3) is 2.99. The summed E-state index contributed by atoms with van der Waals surface area (Å²) >= 11 is 0. The van der Waals surface area contributed by atoms with Crippen LogP contribution in [0.15, 0.2) is 23.1 Å². The predicted molar refractivity (Wildman–Crippen MR) is 82.5 cm³/mol. The summed E-state index contributed by atoms with van der Waals surface area (Å²) < 4.78 is 26.8. The summed E-state index contributed by atoms with van der Waals surface area (Å²) in [6, 6.07) is 5.40. The minimum atomic E-state index is -3.41. The van der Waals surface area contributed by atoms with E-state index in [1.807, 2.05) is 13.0 Å². The summed E-state index contributed by atoms with van der Waals surface area (Å²) in [5.74, 6) is 0.476. The van der Waals surface area contributed by atoms with Gasteiger partial charge < -0.3 is 5.32 Å². The highest BCUT2D eigenvalue weighted by Crippen LogP contribution is 2.27. The average molecular weight is 296 g/mol. The molecule has 112 valence electrons. The van der Waals surface area contributed by atoms with E-state index in [1.165, 1.54) is 9.87 Å². The van der Waals surface area contributed by atoms with E-state index >= 15 is 0 Å². The molecule has 1 atom stereocenters. The predicted octanol–water partition coefficient (Wildman–Crippen LogP) is 2.71. The van der Waals surface area contributed by atoms with E-state index in [2.05, 4.69) is 19.2 Å². The summed E-state index contributed by atoms with van der Waals surface area (Å²) in [6.45, 7) is 7.06. The Kier molecular flexibility index (Phi) is 4.39. The summed E-state index contributed by atoms with van der Waals surface area (Å²) in [4.78, 5) is 0.378. The van der Waals surface area contributed by atoms with Crippen LogP contribution in [0.2, 0.25) is 0 Å². The van der Waals surface area contributed by atoms with Crippen molar-refractivity contribution in [1.29, 1.82) is 0 Å². The van der Waals surface area contributed by atoms with Crippen LogP contribution in [0.3, 0.4) is 0 Å². The highest BCUT2D eigenvalue weighted by atomic mass is 32.2. The number of nitrogens with one attached hydrogen (secondary N) is 1. The van der Waals surface area contributed by atoms with E-state index < -0.39 is 10.0 Å². The summed E-state index contributed by atoms with van der Waals surface area (Å²) in [5, 5.41) is 3.23. The highest BCUT2D eigenvalue weighted by Gasteiger charge is 2.26. The van der Waals surface area contributed by atoms with E-state index in [4.69, 9.17) is 0 Å². The first-order valence-corrected chi connectivity index (χ1v) is 8.61. The van der Waals surface area contributed by atoms with Crippen molar-refractivity contribution in [2.24, 2.45) is 5.92 Å². The molecule has 1 aliphatic heterocycles. The van der Waals surface area contributed by atoms with Crippen LogP contribution in [0.4, 0.5) is 5.69 Å². The molecule has 2 rings (SSSR count). The molecule has 0 saturated carbocycles. The number of sulfonamides is 1. The molecule has 0 fully saturated rings. The largest absolute Gasteiger partial charge is 0.384 e. The summed E-state index contributed by atoms with van der Waals surface area (Å²) in [7, 11) is -1.74. The van der Waals surface area contributed by atoms with Gasteiger partial charge in [0.25, 0.3) is 0 Å². The maximum absolute atomic E-state index is 12.7. The molecule has 1 aromatic carbocycles. The first-order chi connectivity index (χ1) is 9.32. The monoisotopic (exact) mass is 296 g/mol. The van der Waals surface area contributed by atoms with Gasteiger partial charge in [0.15, 0.2) is 0 Å². The number of hydrogen-bond donors (Lipinski definition) is 1. The third-order valence-corrected chi connectivity index (χ3v) is 5.87. The van der Waals surface area contributed by atoms with E-state index in [9.17, 15) is 8.42 Å². The normalized spacial score (nSPS) is 16.3. The number of nitrogens with zero attached hydrogens (tertiary/aromatic N) is 1. The lowest BCUT2D eigenvalue weighted by molar-refractivity contribution is 0.338. The quantitative estimate of drug-likeness (QED) is 0.909. The molecule has 1 aromatic rings. The van der Waals surface area contributed by atoms with Crippen LogP contribution in [-0.4, -0.2) is 32.4 Å². The Balaban J connectivity index is 2.26. The summed E-state index contributed by atoms with van der Waals surface area (Å²) in [6.07, 6.45) is 1.83. The van der Waals surface area contributed by atoms with Crippen LogP contribution in [0.1, 0.15) is 32.8 Å². The molecule has 0 radical (unpaired) electrons. The van der Waals surface area contributed by atoms with Gasteiger partial charge in [-0.05, 0) is 43.4 Å². The van der Waals surface area contributed by atoms with E-state index in [-0.39, 0.29) is 6.04 Å². The Morgan fingerprint density at radius 3 is 2.65 bits per heavy atom. The zero-order valence-corrected chi connectivity index (χ0v) is 13.5. The van der Waals surface area contributed by atoms with Gasteiger partial charge in [-0.2, -0.15) is 4.31 Å². The second-order valence-electron chi connectivity index (χ2n) is 6.00. The van der Waals surface area contributed by atoms with Gasteiger partial charge >= 0.3 is 0 Å². The fraction of sp³-hybridized carbons (Fsp3) is 0.600. The van der Waals surface area contributed by atoms with Crippen molar-refractivity contribution >= 4 is 15.7 Å². The number of hydrogen-bond acceptors (Lipinski definition) is 3. The standard InChI is InChI=1S/C15H24N2O2S/c1-11(2)9-12(3)17(4)20(18,19)14-6-5-13-7-8-16-15(13)10-14/h5-6,10-12,16H,7-9H2,1-4H3. The van der Waals surface area contributed by atoms with Crippen LogP contribution >= 0.6 is 0 Å². The molecule has 0 aliphatic carbocycles. The lowest BCUT2D eigenvalue weighted by Crippen LogP contribution is -2.35. The Morgan fingerprint density at radius 2 is 2.00 bits per heavy atom. The molecule has 0 bridgehead atoms. The number of anilines is 1. The fourth-order valence-corrected chi connectivity index (χ4v) is 4.06. The van der Waals surface area contributed by atoms with Crippen LogP contribution in [0, 0.1) is 5.92 Å². The van der Waals surface area contributed by atoms with E-state index in [0.717, 1.165) is 25.1 Å². The molecule has 0 aromatic heterocycles. The van der Waals surface area contributed by atoms with Gasteiger partial charge in [-0.15, -0.1) is 0 Å². The first-order valence-electron chi connectivity index (χ1n) is 7.17. The number of benzene rings is 1. The lowest BCUT2D eigenvalue weighted by Gasteiger charge is -2.25. The molecular formula is C15H24N2O2S. The molecule has 0 amide bonds. The second-order valence-corrected chi connectivity index (χ2v) is 7.99. The molecule has 1 unspecified atom stereocenters. The zero-order valence-electron chi connectivity index (χ0n) is 12.7. The zero-order chi connectivity index (χ0) is 14.9. The minimum Gasteiger partial charge on any atom is -0.384 e. The van der Waals surface area contributed by atoms with Crippen molar-refractivity contribution in [3.05, 3.63) is 23.8 Å². The van der Waals surface area contributed by atoms with E-state index in [0.29, 0.717) is 10.8 Å². The molecule has 5 heteroatoms. The average Bonchev–Trinajstić information content (AvgIpc) is 2.83. The van der Waals surface area contributed by atoms with Crippen molar-refractivity contribution in [2.45, 2.75) is 44.6 Å². The first kappa shape index (κ1) is 15.3.